The van der Waals surface area contributed by atoms with Gasteiger partial charge in [-0.25, -0.2) is 0 Å². The summed E-state index contributed by atoms with van der Waals surface area (Å²) in [6.07, 6.45) is 0.106. The number of rotatable bonds is 6. The fourth-order valence-corrected chi connectivity index (χ4v) is 2.65. The van der Waals surface area contributed by atoms with Gasteiger partial charge in [0.1, 0.15) is 5.75 Å². The Labute approximate surface area is 145 Å². The Morgan fingerprint density at radius 1 is 1.08 bits per heavy atom. The number of hydrogen-bond donors (Lipinski definition) is 1. The highest BCUT2D eigenvalue weighted by molar-refractivity contribution is 5.95. The van der Waals surface area contributed by atoms with Crippen molar-refractivity contribution in [2.45, 2.75) is 53.1 Å². The van der Waals surface area contributed by atoms with Crippen molar-refractivity contribution in [3.63, 3.8) is 0 Å². The molecule has 0 radical (unpaired) electrons. The van der Waals surface area contributed by atoms with Crippen molar-refractivity contribution in [2.24, 2.45) is 0 Å². The first-order valence-corrected chi connectivity index (χ1v) is 8.56. The topological polar surface area (TPSA) is 38.3 Å². The Kier molecular flexibility index (Phi) is 6.02. The van der Waals surface area contributed by atoms with E-state index in [0.29, 0.717) is 12.3 Å². The molecule has 0 saturated heterocycles. The molecule has 1 N–H and O–H groups in total. The second-order valence-electron chi connectivity index (χ2n) is 6.44. The van der Waals surface area contributed by atoms with Crippen molar-refractivity contribution in [1.82, 2.24) is 0 Å². The Morgan fingerprint density at radius 2 is 1.79 bits per heavy atom. The monoisotopic (exact) mass is 325 g/mol. The lowest BCUT2D eigenvalue weighted by molar-refractivity contribution is -0.122. The number of aryl methyl sites for hydroxylation is 1. The average molecular weight is 325 g/mol. The Morgan fingerprint density at radius 3 is 2.46 bits per heavy atom. The molecule has 0 aliphatic rings. The van der Waals surface area contributed by atoms with Crippen LogP contribution in [0.3, 0.4) is 0 Å². The van der Waals surface area contributed by atoms with Crippen LogP contribution in [0.1, 0.15) is 49.8 Å². The molecule has 2 aromatic rings. The van der Waals surface area contributed by atoms with Gasteiger partial charge in [0.2, 0.25) is 0 Å². The minimum Gasteiger partial charge on any atom is -0.480 e. The summed E-state index contributed by atoms with van der Waals surface area (Å²) in [5, 5.41) is 3.03. The third-order valence-electron chi connectivity index (χ3n) is 4.33. The first-order valence-electron chi connectivity index (χ1n) is 8.56. The van der Waals surface area contributed by atoms with Crippen LogP contribution in [-0.2, 0) is 4.79 Å². The normalized spacial score (nSPS) is 12.1. The number of benzene rings is 2. The number of hydrogen-bond acceptors (Lipinski definition) is 2. The SMILES string of the molecule is CC[C@@H](Oc1cccc(C)c1C)C(=O)Nc1ccccc1C(C)C. The molecule has 0 bridgehead atoms. The number of nitrogens with one attached hydrogen (secondary N) is 1. The summed E-state index contributed by atoms with van der Waals surface area (Å²) in [6, 6.07) is 13.8. The van der Waals surface area contributed by atoms with Gasteiger partial charge in [-0.2, -0.15) is 0 Å². The number of ether oxygens (including phenoxy) is 1. The fraction of sp³-hybridized carbons (Fsp3) is 0.381. The zero-order valence-corrected chi connectivity index (χ0v) is 15.2. The van der Waals surface area contributed by atoms with Gasteiger partial charge < -0.3 is 10.1 Å². The molecule has 0 aliphatic carbocycles. The number of para-hydroxylation sites is 1. The van der Waals surface area contributed by atoms with Gasteiger partial charge in [0.15, 0.2) is 6.10 Å². The van der Waals surface area contributed by atoms with Crippen LogP contribution < -0.4 is 10.1 Å². The predicted octanol–water partition coefficient (Wildman–Crippen LogP) is 5.22. The van der Waals surface area contributed by atoms with E-state index in [0.717, 1.165) is 28.1 Å². The van der Waals surface area contributed by atoms with Crippen molar-refractivity contribution in [2.75, 3.05) is 5.32 Å². The molecule has 1 atom stereocenters. The number of carbonyl (C=O) groups is 1. The Balaban J connectivity index is 2.16. The quantitative estimate of drug-likeness (QED) is 0.790. The first-order chi connectivity index (χ1) is 11.4. The maximum absolute atomic E-state index is 12.7. The smallest absolute Gasteiger partial charge is 0.265 e. The number of carbonyl (C=O) groups excluding carboxylic acids is 1. The lowest BCUT2D eigenvalue weighted by Crippen LogP contribution is -2.33. The standard InChI is InChI=1S/C21H27NO2/c1-6-19(24-20-13-9-10-15(4)16(20)5)21(23)22-18-12-8-7-11-17(18)14(2)3/h7-14,19H,6H2,1-5H3,(H,22,23)/t19-/m1/s1. The maximum Gasteiger partial charge on any atom is 0.265 e. The van der Waals surface area contributed by atoms with Crippen LogP contribution in [-0.4, -0.2) is 12.0 Å². The third-order valence-corrected chi connectivity index (χ3v) is 4.33. The molecule has 0 aliphatic heterocycles. The molecule has 3 heteroatoms. The average Bonchev–Trinajstić information content (AvgIpc) is 2.56. The molecule has 24 heavy (non-hydrogen) atoms. The summed E-state index contributed by atoms with van der Waals surface area (Å²) in [7, 11) is 0. The molecular formula is C21H27NO2. The molecule has 0 saturated carbocycles. The molecule has 2 rings (SSSR count). The number of anilines is 1. The van der Waals surface area contributed by atoms with Crippen molar-refractivity contribution in [3.8, 4) is 5.75 Å². The molecule has 1 amide bonds. The van der Waals surface area contributed by atoms with Crippen LogP contribution in [0, 0.1) is 13.8 Å². The molecule has 128 valence electrons. The van der Waals surface area contributed by atoms with Crippen LogP contribution in [0.4, 0.5) is 5.69 Å². The lowest BCUT2D eigenvalue weighted by atomic mass is 10.0. The molecule has 0 aromatic heterocycles. The van der Waals surface area contributed by atoms with Gasteiger partial charge in [0, 0.05) is 5.69 Å². The van der Waals surface area contributed by atoms with E-state index >= 15 is 0 Å². The van der Waals surface area contributed by atoms with Gasteiger partial charge in [-0.1, -0.05) is 51.1 Å². The van der Waals surface area contributed by atoms with Gasteiger partial charge in [-0.3, -0.25) is 4.79 Å². The summed E-state index contributed by atoms with van der Waals surface area (Å²) in [5.74, 6) is 1.02. The van der Waals surface area contributed by atoms with Crippen LogP contribution in [0.25, 0.3) is 0 Å². The molecule has 0 unspecified atom stereocenters. The minimum absolute atomic E-state index is 0.105. The first kappa shape index (κ1) is 18.1. The predicted molar refractivity (Wildman–Crippen MR) is 99.8 cm³/mol. The third kappa shape index (κ3) is 4.16. The van der Waals surface area contributed by atoms with Gasteiger partial charge in [0.25, 0.3) is 5.91 Å². The second kappa shape index (κ2) is 8.00. The minimum atomic E-state index is -0.509. The van der Waals surface area contributed by atoms with Crippen LogP contribution in [0.2, 0.25) is 0 Å². The molecule has 0 spiro atoms. The fourth-order valence-electron chi connectivity index (χ4n) is 2.65. The van der Waals surface area contributed by atoms with Crippen LogP contribution >= 0.6 is 0 Å². The summed E-state index contributed by atoms with van der Waals surface area (Å²) >= 11 is 0. The summed E-state index contributed by atoms with van der Waals surface area (Å²) < 4.78 is 6.00. The zero-order chi connectivity index (χ0) is 17.7. The van der Waals surface area contributed by atoms with E-state index in [4.69, 9.17) is 4.74 Å². The highest BCUT2D eigenvalue weighted by Crippen LogP contribution is 2.25. The van der Waals surface area contributed by atoms with Gasteiger partial charge in [0.05, 0.1) is 0 Å². The summed E-state index contributed by atoms with van der Waals surface area (Å²) in [6.45, 7) is 10.3. The summed E-state index contributed by atoms with van der Waals surface area (Å²) in [4.78, 5) is 12.7. The molecule has 0 fully saturated rings. The van der Waals surface area contributed by atoms with Crippen molar-refractivity contribution >= 4 is 11.6 Å². The van der Waals surface area contributed by atoms with Crippen LogP contribution in [0.5, 0.6) is 5.75 Å². The number of amides is 1. The van der Waals surface area contributed by atoms with E-state index < -0.39 is 6.10 Å². The van der Waals surface area contributed by atoms with E-state index in [1.165, 1.54) is 0 Å². The van der Waals surface area contributed by atoms with E-state index in [9.17, 15) is 4.79 Å². The van der Waals surface area contributed by atoms with Crippen molar-refractivity contribution < 1.29 is 9.53 Å². The Hall–Kier alpha value is -2.29. The van der Waals surface area contributed by atoms with Gasteiger partial charge >= 0.3 is 0 Å². The van der Waals surface area contributed by atoms with Crippen molar-refractivity contribution in [3.05, 3.63) is 59.2 Å². The molecule has 3 nitrogen and oxygen atoms in total. The van der Waals surface area contributed by atoms with Crippen LogP contribution in [0.15, 0.2) is 42.5 Å². The molecular weight excluding hydrogens is 298 g/mol. The van der Waals surface area contributed by atoms with Crippen molar-refractivity contribution in [1.29, 1.82) is 0 Å². The Bertz CT molecular complexity index is 707. The van der Waals surface area contributed by atoms with E-state index in [1.54, 1.807) is 0 Å². The zero-order valence-electron chi connectivity index (χ0n) is 15.2. The highest BCUT2D eigenvalue weighted by atomic mass is 16.5. The lowest BCUT2D eigenvalue weighted by Gasteiger charge is -2.21. The molecule has 2 aromatic carbocycles. The van der Waals surface area contributed by atoms with E-state index in [1.807, 2.05) is 63.2 Å². The van der Waals surface area contributed by atoms with Gasteiger partial charge in [-0.05, 0) is 55.0 Å². The maximum atomic E-state index is 12.7. The largest absolute Gasteiger partial charge is 0.480 e. The summed E-state index contributed by atoms with van der Waals surface area (Å²) in [5.41, 5.74) is 4.23. The van der Waals surface area contributed by atoms with E-state index in [-0.39, 0.29) is 5.91 Å². The van der Waals surface area contributed by atoms with Gasteiger partial charge in [-0.15, -0.1) is 0 Å². The van der Waals surface area contributed by atoms with E-state index in [2.05, 4.69) is 19.2 Å². The second-order valence-corrected chi connectivity index (χ2v) is 6.44. The molecule has 0 heterocycles. The highest BCUT2D eigenvalue weighted by Gasteiger charge is 2.20.